The van der Waals surface area contributed by atoms with E-state index in [9.17, 15) is 9.59 Å². The van der Waals surface area contributed by atoms with Gasteiger partial charge in [-0.05, 0) is 37.6 Å². The molecule has 6 nitrogen and oxygen atoms in total. The zero-order chi connectivity index (χ0) is 17.0. The third-order valence-corrected chi connectivity index (χ3v) is 3.62. The number of carboxylic acid groups (broad SMARTS) is 1. The van der Waals surface area contributed by atoms with Crippen LogP contribution in [-0.4, -0.2) is 45.3 Å². The summed E-state index contributed by atoms with van der Waals surface area (Å²) in [5.74, 6) is -1.09. The number of carboxylic acids is 1. The molecule has 6 heteroatoms. The number of carbonyl (C=O) groups excluding carboxylic acids is 1. The molecule has 122 valence electrons. The molecule has 0 fully saturated rings. The van der Waals surface area contributed by atoms with Crippen molar-refractivity contribution in [3.63, 3.8) is 0 Å². The monoisotopic (exact) mass is 315 g/mol. The normalized spacial score (nSPS) is 10.6. The number of aromatic nitrogens is 2. The number of hydrogen-bond donors (Lipinski definition) is 1. The zero-order valence-electron chi connectivity index (χ0n) is 13.6. The summed E-state index contributed by atoms with van der Waals surface area (Å²) >= 11 is 0. The van der Waals surface area contributed by atoms with E-state index in [2.05, 4.69) is 5.10 Å². The Morgan fingerprint density at radius 1 is 1.26 bits per heavy atom. The van der Waals surface area contributed by atoms with E-state index in [4.69, 9.17) is 5.11 Å². The van der Waals surface area contributed by atoms with E-state index in [1.807, 2.05) is 42.8 Å². The van der Waals surface area contributed by atoms with Crippen LogP contribution >= 0.6 is 0 Å². The maximum absolute atomic E-state index is 12.3. The zero-order valence-corrected chi connectivity index (χ0v) is 13.6. The van der Waals surface area contributed by atoms with Gasteiger partial charge in [-0.2, -0.15) is 5.10 Å². The Bertz CT molecular complexity index is 722. The van der Waals surface area contributed by atoms with Gasteiger partial charge in [0.2, 0.25) is 0 Å². The number of carbonyl (C=O) groups is 2. The van der Waals surface area contributed by atoms with Gasteiger partial charge in [-0.25, -0.2) is 0 Å². The van der Waals surface area contributed by atoms with Gasteiger partial charge < -0.3 is 10.0 Å². The number of benzene rings is 1. The van der Waals surface area contributed by atoms with Gasteiger partial charge in [-0.3, -0.25) is 14.3 Å². The summed E-state index contributed by atoms with van der Waals surface area (Å²) in [6.07, 6.45) is -0.0618. The number of hydrogen-bond acceptors (Lipinski definition) is 3. The van der Waals surface area contributed by atoms with Crippen LogP contribution in [0, 0.1) is 13.8 Å². The fraction of sp³-hybridized carbons (Fsp3) is 0.353. The molecule has 0 bridgehead atoms. The van der Waals surface area contributed by atoms with Crippen molar-refractivity contribution in [1.29, 1.82) is 0 Å². The summed E-state index contributed by atoms with van der Waals surface area (Å²) in [7, 11) is 1.61. The fourth-order valence-corrected chi connectivity index (χ4v) is 2.40. The largest absolute Gasteiger partial charge is 0.481 e. The molecule has 1 aromatic carbocycles. The molecule has 2 rings (SSSR count). The first-order valence-corrected chi connectivity index (χ1v) is 7.44. The highest BCUT2D eigenvalue weighted by atomic mass is 16.4. The van der Waals surface area contributed by atoms with Crippen molar-refractivity contribution in [2.45, 2.75) is 26.8 Å². The molecule has 0 radical (unpaired) electrons. The molecule has 1 N–H and O–H groups in total. The maximum atomic E-state index is 12.3. The maximum Gasteiger partial charge on any atom is 0.305 e. The second-order valence-corrected chi connectivity index (χ2v) is 5.66. The number of amides is 1. The molecule has 0 unspecified atom stereocenters. The topological polar surface area (TPSA) is 75.4 Å². The third-order valence-electron chi connectivity index (χ3n) is 3.62. The van der Waals surface area contributed by atoms with Crippen molar-refractivity contribution in [2.24, 2.45) is 0 Å². The van der Waals surface area contributed by atoms with Crippen molar-refractivity contribution in [3.05, 3.63) is 52.8 Å². The Labute approximate surface area is 135 Å². The Kier molecular flexibility index (Phi) is 5.16. The second-order valence-electron chi connectivity index (χ2n) is 5.66. The van der Waals surface area contributed by atoms with Gasteiger partial charge in [-0.15, -0.1) is 0 Å². The van der Waals surface area contributed by atoms with E-state index in [0.717, 1.165) is 17.0 Å². The van der Waals surface area contributed by atoms with Crippen molar-refractivity contribution in [3.8, 4) is 0 Å². The Morgan fingerprint density at radius 2 is 2.00 bits per heavy atom. The lowest BCUT2D eigenvalue weighted by atomic mass is 10.1. The summed E-state index contributed by atoms with van der Waals surface area (Å²) in [5.41, 5.74) is 3.56. The molecule has 2 aromatic rings. The van der Waals surface area contributed by atoms with E-state index < -0.39 is 5.97 Å². The number of nitrogens with zero attached hydrogens (tertiary/aromatic N) is 3. The van der Waals surface area contributed by atoms with Crippen molar-refractivity contribution >= 4 is 11.9 Å². The minimum absolute atomic E-state index is 0.0618. The molecule has 1 amide bonds. The Hall–Kier alpha value is -2.63. The summed E-state index contributed by atoms with van der Waals surface area (Å²) in [6, 6.07) is 9.36. The molecular formula is C17H21N3O3. The summed E-state index contributed by atoms with van der Waals surface area (Å²) in [4.78, 5) is 24.4. The molecule has 23 heavy (non-hydrogen) atoms. The highest BCUT2D eigenvalue weighted by Gasteiger charge is 2.13. The Morgan fingerprint density at radius 3 is 2.61 bits per heavy atom. The van der Waals surface area contributed by atoms with Crippen LogP contribution in [0.3, 0.4) is 0 Å². The van der Waals surface area contributed by atoms with Gasteiger partial charge in [0.1, 0.15) is 0 Å². The quantitative estimate of drug-likeness (QED) is 0.885. The molecule has 0 atom stereocenters. The lowest BCUT2D eigenvalue weighted by Gasteiger charge is -2.16. The number of rotatable bonds is 6. The third kappa shape index (κ3) is 4.42. The fourth-order valence-electron chi connectivity index (χ4n) is 2.40. The SMILES string of the molecule is Cc1cc(C)n(Cc2cccc(C(=O)N(C)CCC(=O)O)c2)n1. The molecule has 0 aliphatic carbocycles. The molecule has 1 heterocycles. The van der Waals surface area contributed by atoms with E-state index in [0.29, 0.717) is 12.1 Å². The van der Waals surface area contributed by atoms with Gasteiger partial charge in [0.05, 0.1) is 18.7 Å². The van der Waals surface area contributed by atoms with Crippen molar-refractivity contribution in [1.82, 2.24) is 14.7 Å². The first kappa shape index (κ1) is 16.7. The summed E-state index contributed by atoms with van der Waals surface area (Å²) in [6.45, 7) is 4.73. The van der Waals surface area contributed by atoms with Crippen LogP contribution in [0.15, 0.2) is 30.3 Å². The van der Waals surface area contributed by atoms with E-state index in [-0.39, 0.29) is 18.9 Å². The molecule has 0 spiro atoms. The van der Waals surface area contributed by atoms with Crippen LogP contribution in [0.5, 0.6) is 0 Å². The van der Waals surface area contributed by atoms with Crippen LogP contribution in [-0.2, 0) is 11.3 Å². The second kappa shape index (κ2) is 7.09. The van der Waals surface area contributed by atoms with Crippen LogP contribution < -0.4 is 0 Å². The van der Waals surface area contributed by atoms with Gasteiger partial charge in [0.15, 0.2) is 0 Å². The summed E-state index contributed by atoms with van der Waals surface area (Å²) < 4.78 is 1.90. The van der Waals surface area contributed by atoms with Crippen molar-refractivity contribution < 1.29 is 14.7 Å². The Balaban J connectivity index is 2.11. The van der Waals surface area contributed by atoms with E-state index >= 15 is 0 Å². The van der Waals surface area contributed by atoms with Crippen LogP contribution in [0.2, 0.25) is 0 Å². The van der Waals surface area contributed by atoms with Crippen LogP contribution in [0.4, 0.5) is 0 Å². The highest BCUT2D eigenvalue weighted by molar-refractivity contribution is 5.94. The predicted molar refractivity (Wildman–Crippen MR) is 86.5 cm³/mol. The van der Waals surface area contributed by atoms with Gasteiger partial charge in [0.25, 0.3) is 5.91 Å². The van der Waals surface area contributed by atoms with E-state index in [1.165, 1.54) is 4.90 Å². The molecular weight excluding hydrogens is 294 g/mol. The smallest absolute Gasteiger partial charge is 0.305 e. The standard InChI is InChI=1S/C17H21N3O3/c1-12-9-13(2)20(18-12)11-14-5-4-6-15(10-14)17(23)19(3)8-7-16(21)22/h4-6,9-10H,7-8,11H2,1-3H3,(H,21,22). The summed E-state index contributed by atoms with van der Waals surface area (Å²) in [5, 5.41) is 13.1. The lowest BCUT2D eigenvalue weighted by Crippen LogP contribution is -2.29. The van der Waals surface area contributed by atoms with E-state index in [1.54, 1.807) is 13.1 Å². The highest BCUT2D eigenvalue weighted by Crippen LogP contribution is 2.11. The molecule has 0 saturated carbocycles. The van der Waals surface area contributed by atoms with Crippen LogP contribution in [0.1, 0.15) is 33.7 Å². The number of aliphatic carboxylic acids is 1. The van der Waals surface area contributed by atoms with Gasteiger partial charge in [0, 0.05) is 24.8 Å². The van der Waals surface area contributed by atoms with Crippen LogP contribution in [0.25, 0.3) is 0 Å². The minimum Gasteiger partial charge on any atom is -0.481 e. The number of aryl methyl sites for hydroxylation is 2. The first-order valence-electron chi connectivity index (χ1n) is 7.44. The average Bonchev–Trinajstić information content (AvgIpc) is 2.82. The average molecular weight is 315 g/mol. The molecule has 1 aromatic heterocycles. The molecule has 0 saturated heterocycles. The molecule has 0 aliphatic rings. The lowest BCUT2D eigenvalue weighted by molar-refractivity contribution is -0.137. The van der Waals surface area contributed by atoms with Crippen molar-refractivity contribution in [2.75, 3.05) is 13.6 Å². The molecule has 0 aliphatic heterocycles. The minimum atomic E-state index is -0.914. The van der Waals surface area contributed by atoms with Gasteiger partial charge >= 0.3 is 5.97 Å². The van der Waals surface area contributed by atoms with Gasteiger partial charge in [-0.1, -0.05) is 12.1 Å². The first-order chi connectivity index (χ1) is 10.9. The predicted octanol–water partition coefficient (Wildman–Crippen LogP) is 2.09.